The molecule has 0 aromatic heterocycles. The highest BCUT2D eigenvalue weighted by molar-refractivity contribution is 5.91. The van der Waals surface area contributed by atoms with Crippen molar-refractivity contribution in [3.8, 4) is 0 Å². The summed E-state index contributed by atoms with van der Waals surface area (Å²) in [6, 6.07) is 24.8. The number of para-hydroxylation sites is 1. The first-order chi connectivity index (χ1) is 19.4. The number of nitrogens with one attached hydrogen (secondary N) is 1. The molecule has 0 spiro atoms. The lowest BCUT2D eigenvalue weighted by Crippen LogP contribution is -2.39. The summed E-state index contributed by atoms with van der Waals surface area (Å²) in [6.07, 6.45) is 4.07. The van der Waals surface area contributed by atoms with Gasteiger partial charge in [0.1, 0.15) is 0 Å². The van der Waals surface area contributed by atoms with Gasteiger partial charge in [0.05, 0.1) is 24.4 Å². The number of carboxylic acid groups (broad SMARTS) is 1. The summed E-state index contributed by atoms with van der Waals surface area (Å²) in [5.41, 5.74) is 3.30. The zero-order valence-electron chi connectivity index (χ0n) is 23.2. The fourth-order valence-corrected chi connectivity index (χ4v) is 5.59. The number of carbonyl (C=O) groups excluding carboxylic acids is 1. The number of aliphatic hydroxyl groups is 1. The third kappa shape index (κ3) is 8.16. The first-order valence-corrected chi connectivity index (χ1v) is 14.2. The summed E-state index contributed by atoms with van der Waals surface area (Å²) < 4.78 is 6.25. The molecule has 3 atom stereocenters. The number of benzene rings is 3. The van der Waals surface area contributed by atoms with Crippen LogP contribution in [-0.4, -0.2) is 52.9 Å². The minimum atomic E-state index is -1.02. The van der Waals surface area contributed by atoms with Crippen LogP contribution >= 0.6 is 0 Å². The Labute approximate surface area is 236 Å². The van der Waals surface area contributed by atoms with Crippen molar-refractivity contribution < 1.29 is 24.5 Å². The lowest BCUT2D eigenvalue weighted by molar-refractivity contribution is -0.0209. The van der Waals surface area contributed by atoms with Gasteiger partial charge in [0.2, 0.25) is 0 Å². The number of hydrogen-bond acceptors (Lipinski definition) is 4. The van der Waals surface area contributed by atoms with Gasteiger partial charge in [-0.3, -0.25) is 0 Å². The second-order valence-electron chi connectivity index (χ2n) is 10.6. The minimum absolute atomic E-state index is 0.0464. The van der Waals surface area contributed by atoms with Crippen molar-refractivity contribution in [2.45, 2.75) is 57.7 Å². The van der Waals surface area contributed by atoms with Crippen molar-refractivity contribution in [3.05, 3.63) is 101 Å². The Bertz CT molecular complexity index is 1230. The maximum absolute atomic E-state index is 13.1. The SMILES string of the molecule is Cc1cccc(C(O)[C@@H]2CCC[C@H](OCCN(CCCc3ccccc3)C(=O)Nc3ccccc3)C2)c1C(=O)O. The number of aryl methyl sites for hydroxylation is 2. The Morgan fingerprint density at radius 2 is 1.70 bits per heavy atom. The number of amides is 2. The lowest BCUT2D eigenvalue weighted by atomic mass is 9.80. The predicted octanol–water partition coefficient (Wildman–Crippen LogP) is 6.47. The Balaban J connectivity index is 1.33. The molecule has 1 aliphatic rings. The number of carboxylic acids is 1. The number of rotatable bonds is 12. The highest BCUT2D eigenvalue weighted by Gasteiger charge is 2.31. The predicted molar refractivity (Wildman–Crippen MR) is 157 cm³/mol. The zero-order chi connectivity index (χ0) is 28.3. The fraction of sp³-hybridized carbons (Fsp3) is 0.394. The molecule has 3 N–H and O–H groups in total. The van der Waals surface area contributed by atoms with Crippen LogP contribution in [0.2, 0.25) is 0 Å². The molecular formula is C33H40N2O5. The molecule has 0 aliphatic heterocycles. The van der Waals surface area contributed by atoms with E-state index in [-0.39, 0.29) is 23.6 Å². The van der Waals surface area contributed by atoms with Crippen LogP contribution in [0.4, 0.5) is 10.5 Å². The molecule has 4 rings (SSSR count). The number of urea groups is 1. The fourth-order valence-electron chi connectivity index (χ4n) is 5.59. The molecule has 7 heteroatoms. The molecule has 3 aromatic carbocycles. The van der Waals surface area contributed by atoms with E-state index < -0.39 is 12.1 Å². The van der Waals surface area contributed by atoms with Crippen LogP contribution < -0.4 is 5.32 Å². The summed E-state index contributed by atoms with van der Waals surface area (Å²) in [5, 5.41) is 23.8. The van der Waals surface area contributed by atoms with E-state index in [0.29, 0.717) is 37.2 Å². The van der Waals surface area contributed by atoms with E-state index in [9.17, 15) is 19.8 Å². The van der Waals surface area contributed by atoms with Crippen LogP contribution in [0, 0.1) is 12.8 Å². The summed E-state index contributed by atoms with van der Waals surface area (Å²) in [4.78, 5) is 26.8. The second kappa shape index (κ2) is 14.6. The second-order valence-corrected chi connectivity index (χ2v) is 10.6. The van der Waals surface area contributed by atoms with Crippen LogP contribution in [0.25, 0.3) is 0 Å². The van der Waals surface area contributed by atoms with E-state index in [2.05, 4.69) is 17.4 Å². The average Bonchev–Trinajstić information content (AvgIpc) is 2.97. The Morgan fingerprint density at radius 1 is 0.975 bits per heavy atom. The van der Waals surface area contributed by atoms with Gasteiger partial charge in [-0.05, 0) is 73.8 Å². The number of nitrogens with zero attached hydrogens (tertiary/aromatic N) is 1. The van der Waals surface area contributed by atoms with Gasteiger partial charge in [-0.25, -0.2) is 9.59 Å². The number of hydrogen-bond donors (Lipinski definition) is 3. The van der Waals surface area contributed by atoms with Crippen molar-refractivity contribution in [3.63, 3.8) is 0 Å². The summed E-state index contributed by atoms with van der Waals surface area (Å²) >= 11 is 0. The molecule has 0 bridgehead atoms. The topological polar surface area (TPSA) is 99.1 Å². The van der Waals surface area contributed by atoms with Crippen LogP contribution in [0.15, 0.2) is 78.9 Å². The maximum Gasteiger partial charge on any atom is 0.336 e. The van der Waals surface area contributed by atoms with Gasteiger partial charge >= 0.3 is 12.0 Å². The van der Waals surface area contributed by atoms with Crippen LogP contribution in [0.3, 0.4) is 0 Å². The van der Waals surface area contributed by atoms with Crippen molar-refractivity contribution >= 4 is 17.7 Å². The number of aliphatic hydroxyl groups excluding tert-OH is 1. The number of aromatic carboxylic acids is 1. The monoisotopic (exact) mass is 544 g/mol. The molecule has 1 unspecified atom stereocenters. The maximum atomic E-state index is 13.1. The molecule has 1 aliphatic carbocycles. The van der Waals surface area contributed by atoms with Crippen molar-refractivity contribution in [1.29, 1.82) is 0 Å². The molecule has 0 saturated heterocycles. The van der Waals surface area contributed by atoms with Gasteiger partial charge < -0.3 is 25.2 Å². The van der Waals surface area contributed by atoms with Crippen molar-refractivity contribution in [2.75, 3.05) is 25.0 Å². The van der Waals surface area contributed by atoms with E-state index in [1.165, 1.54) is 5.56 Å². The molecule has 0 heterocycles. The van der Waals surface area contributed by atoms with Crippen molar-refractivity contribution in [1.82, 2.24) is 4.90 Å². The van der Waals surface area contributed by atoms with Gasteiger partial charge in [0.15, 0.2) is 0 Å². The van der Waals surface area contributed by atoms with Crippen molar-refractivity contribution in [2.24, 2.45) is 5.92 Å². The highest BCUT2D eigenvalue weighted by atomic mass is 16.5. The van der Waals surface area contributed by atoms with Crippen LogP contribution in [0.1, 0.15) is 65.3 Å². The number of carbonyl (C=O) groups is 2. The summed E-state index contributed by atoms with van der Waals surface area (Å²) in [6.45, 7) is 3.21. The molecule has 40 heavy (non-hydrogen) atoms. The van der Waals surface area contributed by atoms with E-state index >= 15 is 0 Å². The summed E-state index contributed by atoms with van der Waals surface area (Å²) in [7, 11) is 0. The van der Waals surface area contributed by atoms with Gasteiger partial charge in [-0.2, -0.15) is 0 Å². The third-order valence-electron chi connectivity index (χ3n) is 7.71. The molecule has 0 radical (unpaired) electrons. The van der Waals surface area contributed by atoms with Gasteiger partial charge in [-0.1, -0.05) is 73.2 Å². The minimum Gasteiger partial charge on any atom is -0.478 e. The zero-order valence-corrected chi connectivity index (χ0v) is 23.2. The largest absolute Gasteiger partial charge is 0.478 e. The van der Waals surface area contributed by atoms with E-state index in [4.69, 9.17) is 4.74 Å². The molecule has 212 valence electrons. The molecule has 1 fully saturated rings. The van der Waals surface area contributed by atoms with Gasteiger partial charge in [0, 0.05) is 18.8 Å². The van der Waals surface area contributed by atoms with Crippen LogP contribution in [0.5, 0.6) is 0 Å². The average molecular weight is 545 g/mol. The molecule has 2 amide bonds. The standard InChI is InChI=1S/C33H40N2O5/c1-24-11-8-19-29(30(24)32(37)38)31(36)26-15-9-18-28(23-26)40-22-21-35(20-10-14-25-12-4-2-5-13-25)33(39)34-27-16-6-3-7-17-27/h2-8,11-13,16-17,19,26,28,31,36H,9-10,14-15,18,20-23H2,1H3,(H,34,39)(H,37,38)/t26-,28+,31?/m1/s1. The van der Waals surface area contributed by atoms with Gasteiger partial charge in [-0.15, -0.1) is 0 Å². The highest BCUT2D eigenvalue weighted by Crippen LogP contribution is 2.37. The first-order valence-electron chi connectivity index (χ1n) is 14.2. The van der Waals surface area contributed by atoms with E-state index in [1.54, 1.807) is 30.0 Å². The normalized spacial score (nSPS) is 17.6. The van der Waals surface area contributed by atoms with Crippen LogP contribution in [-0.2, 0) is 11.2 Å². The molecule has 7 nitrogen and oxygen atoms in total. The smallest absolute Gasteiger partial charge is 0.336 e. The Morgan fingerprint density at radius 3 is 2.42 bits per heavy atom. The molecule has 3 aromatic rings. The lowest BCUT2D eigenvalue weighted by Gasteiger charge is -2.33. The molecular weight excluding hydrogens is 504 g/mol. The third-order valence-corrected chi connectivity index (χ3v) is 7.71. The number of anilines is 1. The Kier molecular flexibility index (Phi) is 10.7. The first kappa shape index (κ1) is 29.3. The van der Waals surface area contributed by atoms with E-state index in [0.717, 1.165) is 37.8 Å². The van der Waals surface area contributed by atoms with E-state index in [1.807, 2.05) is 48.5 Å². The number of ether oxygens (including phenoxy) is 1. The molecule has 1 saturated carbocycles. The van der Waals surface area contributed by atoms with Gasteiger partial charge in [0.25, 0.3) is 0 Å². The quantitative estimate of drug-likeness (QED) is 0.243. The summed E-state index contributed by atoms with van der Waals surface area (Å²) in [5.74, 6) is -1.10. The Hall–Kier alpha value is -3.68.